The number of hydrogen-bond donors (Lipinski definition) is 5. The van der Waals surface area contributed by atoms with Crippen molar-refractivity contribution in [3.05, 3.63) is 82.5 Å². The first-order valence-corrected chi connectivity index (χ1v) is 15.9. The smallest absolute Gasteiger partial charge is 0.251 e. The van der Waals surface area contributed by atoms with Crippen LogP contribution in [0.5, 0.6) is 0 Å². The number of anilines is 1. The number of benzene rings is 3. The number of nitrogens with zero attached hydrogens (tertiary/aromatic N) is 1. The normalized spacial score (nSPS) is 16.8. The number of fused-ring (bicyclic) bond motifs is 1. The fourth-order valence-electron chi connectivity index (χ4n) is 6.00. The molecule has 1 atom stereocenters. The molecule has 1 aliphatic carbocycles. The number of rotatable bonds is 10. The van der Waals surface area contributed by atoms with E-state index in [1.165, 1.54) is 0 Å². The summed E-state index contributed by atoms with van der Waals surface area (Å²) in [4.78, 5) is 39.5. The van der Waals surface area contributed by atoms with Gasteiger partial charge in [0.05, 0.1) is 16.7 Å². The first-order chi connectivity index (χ1) is 21.6. The van der Waals surface area contributed by atoms with Gasteiger partial charge in [-0.1, -0.05) is 41.9 Å². The molecule has 1 aliphatic rings. The van der Waals surface area contributed by atoms with Crippen LogP contribution in [0.15, 0.2) is 60.8 Å². The number of nitrogens with two attached hydrogens (primary N) is 1. The number of nitrogens with one attached hydrogen (secondary N) is 4. The highest BCUT2D eigenvalue weighted by Crippen LogP contribution is 2.30. The van der Waals surface area contributed by atoms with Crippen molar-refractivity contribution < 1.29 is 14.4 Å². The molecular formula is C35H42Cl2N6O3. The summed E-state index contributed by atoms with van der Waals surface area (Å²) in [5.74, 6) is -0.230. The molecule has 0 spiro atoms. The summed E-state index contributed by atoms with van der Waals surface area (Å²) in [5.41, 5.74) is 11.6. The maximum absolute atomic E-state index is 13.7. The summed E-state index contributed by atoms with van der Waals surface area (Å²) < 4.78 is 0. The molecule has 0 bridgehead atoms. The number of H-pyrrole nitrogens is 1. The van der Waals surface area contributed by atoms with Crippen LogP contribution >= 0.6 is 24.0 Å². The molecule has 0 unspecified atom stereocenters. The van der Waals surface area contributed by atoms with Crippen LogP contribution in [0.2, 0.25) is 5.02 Å². The standard InChI is InChI=1S/C35H41ClN6O3.ClH/c1-20(2)39-34(44)26-12-13-28(21(3)14-26)24-8-4-22(5-9-24)15-32(41-33(43)25-10-6-23(18-37)7-11-25)35(45)40-27-16-30(36)29-19-38-42-31(29)17-27;/h4-5,8-9,12-14,16-17,19-20,23,25,32H,6-7,10-11,15,18,37H2,1-3H3,(H,38,42)(H,39,44)(H,40,45)(H,41,43);1H/t23?,25?,32-;/m0./s1. The monoisotopic (exact) mass is 664 g/mol. The number of hydrogen-bond acceptors (Lipinski definition) is 5. The Morgan fingerprint density at radius 1 is 1.00 bits per heavy atom. The molecule has 1 aromatic heterocycles. The van der Waals surface area contributed by atoms with Crippen LogP contribution in [0.3, 0.4) is 0 Å². The van der Waals surface area contributed by atoms with Gasteiger partial charge in [-0.3, -0.25) is 19.5 Å². The van der Waals surface area contributed by atoms with Crippen molar-refractivity contribution in [2.24, 2.45) is 17.6 Å². The zero-order valence-corrected chi connectivity index (χ0v) is 27.9. The quantitative estimate of drug-likeness (QED) is 0.138. The van der Waals surface area contributed by atoms with E-state index < -0.39 is 6.04 Å². The first kappa shape index (κ1) is 34.9. The summed E-state index contributed by atoms with van der Waals surface area (Å²) in [6.07, 6.45) is 5.30. The first-order valence-electron chi connectivity index (χ1n) is 15.6. The lowest BCUT2D eigenvalue weighted by atomic mass is 9.81. The zero-order valence-electron chi connectivity index (χ0n) is 26.4. The van der Waals surface area contributed by atoms with Crippen LogP contribution < -0.4 is 21.7 Å². The molecule has 1 heterocycles. The molecule has 11 heteroatoms. The number of aromatic nitrogens is 2. The molecule has 3 amide bonds. The van der Waals surface area contributed by atoms with Crippen LogP contribution in [-0.4, -0.2) is 46.5 Å². The summed E-state index contributed by atoms with van der Waals surface area (Å²) in [7, 11) is 0. The topological polar surface area (TPSA) is 142 Å². The van der Waals surface area contributed by atoms with E-state index in [9.17, 15) is 14.4 Å². The fourth-order valence-corrected chi connectivity index (χ4v) is 6.27. The van der Waals surface area contributed by atoms with Crippen LogP contribution in [0.1, 0.15) is 61.0 Å². The average Bonchev–Trinajstić information content (AvgIpc) is 3.50. The van der Waals surface area contributed by atoms with Gasteiger partial charge in [0.2, 0.25) is 11.8 Å². The van der Waals surface area contributed by atoms with Gasteiger partial charge < -0.3 is 21.7 Å². The maximum Gasteiger partial charge on any atom is 0.251 e. The van der Waals surface area contributed by atoms with E-state index in [0.29, 0.717) is 40.7 Å². The van der Waals surface area contributed by atoms with Gasteiger partial charge in [0.1, 0.15) is 6.04 Å². The minimum atomic E-state index is -0.799. The predicted molar refractivity (Wildman–Crippen MR) is 186 cm³/mol. The predicted octanol–water partition coefficient (Wildman–Crippen LogP) is 6.18. The van der Waals surface area contributed by atoms with E-state index in [1.54, 1.807) is 18.3 Å². The lowest BCUT2D eigenvalue weighted by Gasteiger charge is -2.28. The van der Waals surface area contributed by atoms with Crippen LogP contribution in [0.25, 0.3) is 22.0 Å². The number of aryl methyl sites for hydroxylation is 1. The number of carbonyl (C=O) groups is 3. The van der Waals surface area contributed by atoms with Crippen LogP contribution in [0.4, 0.5) is 5.69 Å². The molecule has 1 saturated carbocycles. The van der Waals surface area contributed by atoms with Crippen molar-refractivity contribution >= 4 is 58.3 Å². The second-order valence-electron chi connectivity index (χ2n) is 12.4. The molecule has 244 valence electrons. The third kappa shape index (κ3) is 8.46. The molecule has 0 aliphatic heterocycles. The van der Waals surface area contributed by atoms with Crippen molar-refractivity contribution in [3.8, 4) is 11.1 Å². The third-order valence-electron chi connectivity index (χ3n) is 8.57. The molecule has 4 aromatic rings. The largest absolute Gasteiger partial charge is 0.350 e. The molecule has 3 aromatic carbocycles. The number of halogens is 2. The van der Waals surface area contributed by atoms with E-state index >= 15 is 0 Å². The molecule has 0 radical (unpaired) electrons. The highest BCUT2D eigenvalue weighted by molar-refractivity contribution is 6.35. The van der Waals surface area contributed by atoms with Gasteiger partial charge >= 0.3 is 0 Å². The van der Waals surface area contributed by atoms with Crippen molar-refractivity contribution in [2.45, 2.75) is 65.0 Å². The van der Waals surface area contributed by atoms with E-state index in [4.69, 9.17) is 17.3 Å². The van der Waals surface area contributed by atoms with Gasteiger partial charge in [0, 0.05) is 35.0 Å². The van der Waals surface area contributed by atoms with E-state index in [0.717, 1.165) is 53.3 Å². The molecule has 1 fully saturated rings. The van der Waals surface area contributed by atoms with Crippen molar-refractivity contribution in [1.82, 2.24) is 20.8 Å². The summed E-state index contributed by atoms with van der Waals surface area (Å²) >= 11 is 6.42. The summed E-state index contributed by atoms with van der Waals surface area (Å²) in [6, 6.07) is 16.3. The van der Waals surface area contributed by atoms with E-state index in [-0.39, 0.29) is 42.1 Å². The van der Waals surface area contributed by atoms with Gasteiger partial charge in [-0.15, -0.1) is 12.4 Å². The summed E-state index contributed by atoms with van der Waals surface area (Å²) in [5, 5.41) is 17.1. The van der Waals surface area contributed by atoms with E-state index in [2.05, 4.69) is 26.1 Å². The lowest BCUT2D eigenvalue weighted by molar-refractivity contribution is -0.130. The summed E-state index contributed by atoms with van der Waals surface area (Å²) in [6.45, 7) is 6.49. The highest BCUT2D eigenvalue weighted by Gasteiger charge is 2.29. The Labute approximate surface area is 280 Å². The minimum absolute atomic E-state index is 0. The van der Waals surface area contributed by atoms with Crippen LogP contribution in [-0.2, 0) is 16.0 Å². The molecule has 5 rings (SSSR count). The van der Waals surface area contributed by atoms with Gasteiger partial charge in [0.15, 0.2) is 0 Å². The number of amides is 3. The van der Waals surface area contributed by atoms with Crippen molar-refractivity contribution in [1.29, 1.82) is 0 Å². The molecular weight excluding hydrogens is 623 g/mol. The Morgan fingerprint density at radius 2 is 1.72 bits per heavy atom. The van der Waals surface area contributed by atoms with Crippen LogP contribution in [0, 0.1) is 18.8 Å². The van der Waals surface area contributed by atoms with Gasteiger partial charge in [-0.25, -0.2) is 0 Å². The molecule has 0 saturated heterocycles. The fraction of sp³-hybridized carbons (Fsp3) is 0.371. The highest BCUT2D eigenvalue weighted by atomic mass is 35.5. The number of carbonyl (C=O) groups excluding carboxylic acids is 3. The molecule has 6 N–H and O–H groups in total. The Balaban J connectivity index is 0.00000480. The van der Waals surface area contributed by atoms with Gasteiger partial charge in [-0.05, 0) is 105 Å². The van der Waals surface area contributed by atoms with Crippen molar-refractivity contribution in [3.63, 3.8) is 0 Å². The Bertz CT molecular complexity index is 1680. The maximum atomic E-state index is 13.7. The Morgan fingerprint density at radius 3 is 2.37 bits per heavy atom. The van der Waals surface area contributed by atoms with E-state index in [1.807, 2.05) is 63.2 Å². The second-order valence-corrected chi connectivity index (χ2v) is 12.8. The SMILES string of the molecule is Cc1cc(C(=O)NC(C)C)ccc1-c1ccc(C[C@H](NC(=O)C2CCC(CN)CC2)C(=O)Nc2cc(Cl)c3cn[nH]c3c2)cc1.Cl. The van der Waals surface area contributed by atoms with Gasteiger partial charge in [-0.2, -0.15) is 5.10 Å². The Kier molecular flexibility index (Phi) is 11.8. The lowest BCUT2D eigenvalue weighted by Crippen LogP contribution is -2.48. The molecule has 9 nitrogen and oxygen atoms in total. The van der Waals surface area contributed by atoms with Gasteiger partial charge in [0.25, 0.3) is 5.91 Å². The minimum Gasteiger partial charge on any atom is -0.350 e. The average molecular weight is 666 g/mol. The number of aromatic amines is 1. The third-order valence-corrected chi connectivity index (χ3v) is 8.89. The Hall–Kier alpha value is -3.92. The zero-order chi connectivity index (χ0) is 32.1. The van der Waals surface area contributed by atoms with Crippen molar-refractivity contribution in [2.75, 3.05) is 11.9 Å². The molecule has 46 heavy (non-hydrogen) atoms. The second kappa shape index (κ2) is 15.6.